The van der Waals surface area contributed by atoms with E-state index in [-0.39, 0.29) is 11.4 Å². The first kappa shape index (κ1) is 23.5. The van der Waals surface area contributed by atoms with Crippen LogP contribution in [0.15, 0.2) is 95.6 Å². The summed E-state index contributed by atoms with van der Waals surface area (Å²) in [6.45, 7) is 7.01. The smallest absolute Gasteiger partial charge is 0.255 e. The van der Waals surface area contributed by atoms with Crippen molar-refractivity contribution in [3.8, 4) is 5.75 Å². The normalized spacial score (nSPS) is 11.9. The van der Waals surface area contributed by atoms with Crippen LogP contribution < -0.4 is 15.6 Å². The second-order valence-corrected chi connectivity index (χ2v) is 7.72. The molecule has 32 heavy (non-hydrogen) atoms. The van der Waals surface area contributed by atoms with Gasteiger partial charge in [0.25, 0.3) is 5.56 Å². The summed E-state index contributed by atoms with van der Waals surface area (Å²) in [6, 6.07) is 16.8. The highest BCUT2D eigenvalue weighted by Gasteiger charge is 2.10. The molecule has 1 aromatic heterocycles. The molecule has 0 fully saturated rings. The number of ether oxygens (including phenoxy) is 1. The maximum absolute atomic E-state index is 13.6. The SMILES string of the molecule is C=C(/C=C(F)\C=C/C)CNCc1cc2ccc(Cl)cc2n(CCOc2ccccc2)c1=O. The Labute approximate surface area is 192 Å². The van der Waals surface area contributed by atoms with Gasteiger partial charge in [-0.25, -0.2) is 4.39 Å². The van der Waals surface area contributed by atoms with E-state index in [0.29, 0.717) is 42.4 Å². The molecule has 0 unspecified atom stereocenters. The van der Waals surface area contributed by atoms with Crippen molar-refractivity contribution in [1.29, 1.82) is 0 Å². The molecule has 0 amide bonds. The molecule has 0 aliphatic heterocycles. The minimum Gasteiger partial charge on any atom is -0.492 e. The highest BCUT2D eigenvalue weighted by atomic mass is 35.5. The highest BCUT2D eigenvalue weighted by molar-refractivity contribution is 6.31. The lowest BCUT2D eigenvalue weighted by Crippen LogP contribution is -2.29. The van der Waals surface area contributed by atoms with Crippen LogP contribution in [-0.2, 0) is 13.1 Å². The van der Waals surface area contributed by atoms with Crippen molar-refractivity contribution in [2.24, 2.45) is 0 Å². The van der Waals surface area contributed by atoms with Crippen LogP contribution >= 0.6 is 11.6 Å². The summed E-state index contributed by atoms with van der Waals surface area (Å²) < 4.78 is 21.0. The summed E-state index contributed by atoms with van der Waals surface area (Å²) in [5.74, 6) is 0.389. The molecule has 0 spiro atoms. The third-order valence-corrected chi connectivity index (χ3v) is 5.03. The minimum atomic E-state index is -0.359. The third-order valence-electron chi connectivity index (χ3n) is 4.80. The molecule has 3 aromatic rings. The largest absolute Gasteiger partial charge is 0.492 e. The second-order valence-electron chi connectivity index (χ2n) is 7.28. The van der Waals surface area contributed by atoms with Crippen molar-refractivity contribution in [3.63, 3.8) is 0 Å². The molecule has 0 atom stereocenters. The molecule has 0 saturated heterocycles. The number of nitrogens with one attached hydrogen (secondary N) is 1. The third kappa shape index (κ3) is 6.42. The van der Waals surface area contributed by atoms with Gasteiger partial charge in [-0.15, -0.1) is 0 Å². The number of hydrogen-bond donors (Lipinski definition) is 1. The van der Waals surface area contributed by atoms with Crippen molar-refractivity contribution in [2.75, 3.05) is 13.2 Å². The van der Waals surface area contributed by atoms with Gasteiger partial charge in [0.2, 0.25) is 0 Å². The van der Waals surface area contributed by atoms with Crippen LogP contribution in [-0.4, -0.2) is 17.7 Å². The summed E-state index contributed by atoms with van der Waals surface area (Å²) in [5, 5.41) is 4.64. The van der Waals surface area contributed by atoms with Crippen LogP contribution in [0.25, 0.3) is 10.9 Å². The van der Waals surface area contributed by atoms with E-state index in [2.05, 4.69) is 11.9 Å². The summed E-state index contributed by atoms with van der Waals surface area (Å²) >= 11 is 6.19. The number of allylic oxidation sites excluding steroid dienone is 3. The Morgan fingerprint density at radius 2 is 2.00 bits per heavy atom. The lowest BCUT2D eigenvalue weighted by molar-refractivity contribution is 0.298. The van der Waals surface area contributed by atoms with E-state index in [1.165, 1.54) is 12.2 Å². The number of para-hydroxylation sites is 1. The van der Waals surface area contributed by atoms with Crippen molar-refractivity contribution in [1.82, 2.24) is 9.88 Å². The summed E-state index contributed by atoms with van der Waals surface area (Å²) in [4.78, 5) is 13.2. The molecule has 0 aliphatic carbocycles. The van der Waals surface area contributed by atoms with E-state index in [0.717, 1.165) is 16.7 Å². The lowest BCUT2D eigenvalue weighted by Gasteiger charge is -2.14. The molecule has 0 radical (unpaired) electrons. The molecule has 166 valence electrons. The Hall–Kier alpha value is -3.15. The van der Waals surface area contributed by atoms with Gasteiger partial charge in [-0.05, 0) is 60.4 Å². The lowest BCUT2D eigenvalue weighted by atomic mass is 10.1. The monoisotopic (exact) mass is 452 g/mol. The van der Waals surface area contributed by atoms with Crippen LogP contribution in [0.4, 0.5) is 4.39 Å². The number of hydrogen-bond acceptors (Lipinski definition) is 3. The van der Waals surface area contributed by atoms with E-state index in [4.69, 9.17) is 16.3 Å². The first-order valence-electron chi connectivity index (χ1n) is 10.4. The van der Waals surface area contributed by atoms with Gasteiger partial charge in [-0.1, -0.05) is 48.5 Å². The molecular weight excluding hydrogens is 427 g/mol. The number of aromatic nitrogens is 1. The minimum absolute atomic E-state index is 0.120. The average molecular weight is 453 g/mol. The Bertz CT molecular complexity index is 1200. The Morgan fingerprint density at radius 1 is 1.22 bits per heavy atom. The molecule has 3 rings (SSSR count). The van der Waals surface area contributed by atoms with Crippen LogP contribution in [0, 0.1) is 0 Å². The fourth-order valence-electron chi connectivity index (χ4n) is 3.34. The molecule has 0 bridgehead atoms. The van der Waals surface area contributed by atoms with E-state index in [1.807, 2.05) is 42.5 Å². The van der Waals surface area contributed by atoms with E-state index in [9.17, 15) is 9.18 Å². The van der Waals surface area contributed by atoms with Gasteiger partial charge in [0.05, 0.1) is 12.1 Å². The van der Waals surface area contributed by atoms with Gasteiger partial charge in [-0.2, -0.15) is 0 Å². The van der Waals surface area contributed by atoms with Crippen molar-refractivity contribution < 1.29 is 9.13 Å². The number of pyridine rings is 1. The van der Waals surface area contributed by atoms with E-state index < -0.39 is 0 Å². The molecule has 4 nitrogen and oxygen atoms in total. The summed E-state index contributed by atoms with van der Waals surface area (Å²) in [5.41, 5.74) is 1.82. The van der Waals surface area contributed by atoms with Crippen LogP contribution in [0.5, 0.6) is 5.75 Å². The summed E-state index contributed by atoms with van der Waals surface area (Å²) in [7, 11) is 0. The van der Waals surface area contributed by atoms with Gasteiger partial charge < -0.3 is 14.6 Å². The molecule has 1 N–H and O–H groups in total. The van der Waals surface area contributed by atoms with Gasteiger partial charge in [0.1, 0.15) is 18.2 Å². The number of rotatable bonds is 10. The topological polar surface area (TPSA) is 43.3 Å². The molecular formula is C26H26ClFN2O2. The fourth-order valence-corrected chi connectivity index (χ4v) is 3.50. The van der Waals surface area contributed by atoms with Gasteiger partial charge >= 0.3 is 0 Å². The van der Waals surface area contributed by atoms with Crippen molar-refractivity contribution >= 4 is 22.5 Å². The standard InChI is InChI=1S/C26H26ClFN2O2/c1-3-7-23(28)14-19(2)17-29-18-21-15-20-10-11-22(27)16-25(20)30(26(21)31)12-13-32-24-8-5-4-6-9-24/h3-11,14-16,29H,2,12-13,17-18H2,1H3/b7-3-,23-14+. The van der Waals surface area contributed by atoms with Gasteiger partial charge in [-0.3, -0.25) is 4.79 Å². The van der Waals surface area contributed by atoms with E-state index >= 15 is 0 Å². The number of benzene rings is 2. The maximum atomic E-state index is 13.6. The number of nitrogens with zero attached hydrogens (tertiary/aromatic N) is 1. The first-order valence-corrected chi connectivity index (χ1v) is 10.7. The van der Waals surface area contributed by atoms with E-state index in [1.54, 1.807) is 29.7 Å². The zero-order chi connectivity index (χ0) is 22.9. The molecule has 6 heteroatoms. The fraction of sp³-hybridized carbons (Fsp3) is 0.192. The molecule has 0 aliphatic rings. The molecule has 1 heterocycles. The maximum Gasteiger partial charge on any atom is 0.255 e. The average Bonchev–Trinajstić information content (AvgIpc) is 2.77. The Balaban J connectivity index is 1.77. The summed E-state index contributed by atoms with van der Waals surface area (Å²) in [6.07, 6.45) is 4.36. The van der Waals surface area contributed by atoms with Crippen LogP contribution in [0.3, 0.4) is 0 Å². The quantitative estimate of drug-likeness (QED) is 0.395. The highest BCUT2D eigenvalue weighted by Crippen LogP contribution is 2.19. The number of fused-ring (bicyclic) bond motifs is 1. The van der Waals surface area contributed by atoms with Crippen molar-refractivity contribution in [2.45, 2.75) is 20.0 Å². The van der Waals surface area contributed by atoms with Crippen LogP contribution in [0.1, 0.15) is 12.5 Å². The van der Waals surface area contributed by atoms with Crippen LogP contribution in [0.2, 0.25) is 5.02 Å². The van der Waals surface area contributed by atoms with Gasteiger partial charge in [0.15, 0.2) is 0 Å². The molecule has 2 aromatic carbocycles. The first-order chi connectivity index (χ1) is 15.5. The Kier molecular flexibility index (Phi) is 8.42. The zero-order valence-corrected chi connectivity index (χ0v) is 18.7. The predicted octanol–water partition coefficient (Wildman–Crippen LogP) is 5.81. The van der Waals surface area contributed by atoms with Crippen molar-refractivity contribution in [3.05, 3.63) is 112 Å². The molecule has 0 saturated carbocycles. The second kappa shape index (κ2) is 11.5. The number of halogens is 2. The zero-order valence-electron chi connectivity index (χ0n) is 18.0. The Morgan fingerprint density at radius 3 is 2.75 bits per heavy atom. The predicted molar refractivity (Wildman–Crippen MR) is 130 cm³/mol. The van der Waals surface area contributed by atoms with Gasteiger partial charge in [0, 0.05) is 23.7 Å².